The van der Waals surface area contributed by atoms with Crippen molar-refractivity contribution < 1.29 is 4.92 Å². The van der Waals surface area contributed by atoms with Crippen LogP contribution >= 0.6 is 11.8 Å². The molecule has 0 spiro atoms. The van der Waals surface area contributed by atoms with Gasteiger partial charge in [-0.3, -0.25) is 10.1 Å². The Hall–Kier alpha value is -1.76. The Balaban J connectivity index is 2.16. The van der Waals surface area contributed by atoms with E-state index in [0.717, 1.165) is 29.4 Å². The van der Waals surface area contributed by atoms with Gasteiger partial charge in [0, 0.05) is 25.2 Å². The van der Waals surface area contributed by atoms with Gasteiger partial charge in [-0.05, 0) is 30.9 Å². The fourth-order valence-corrected chi connectivity index (χ4v) is 2.86. The molecule has 1 aromatic heterocycles. The third-order valence-corrected chi connectivity index (χ3v) is 4.48. The number of rotatable bonds is 7. The number of hydrogen-bond donors (Lipinski definition) is 1. The van der Waals surface area contributed by atoms with Crippen LogP contribution in [0, 0.1) is 10.1 Å². The van der Waals surface area contributed by atoms with Crippen LogP contribution in [0.3, 0.4) is 0 Å². The zero-order chi connectivity index (χ0) is 15.4. The molecule has 0 aliphatic carbocycles. The van der Waals surface area contributed by atoms with Crippen molar-refractivity contribution in [2.45, 2.75) is 26.3 Å². The molecule has 21 heavy (non-hydrogen) atoms. The van der Waals surface area contributed by atoms with Gasteiger partial charge >= 0.3 is 0 Å². The minimum Gasteiger partial charge on any atom is -0.343 e. The summed E-state index contributed by atoms with van der Waals surface area (Å²) in [6, 6.07) is 5.05. The number of non-ortho nitro benzene ring substituents is 1. The number of imidazole rings is 1. The number of fused-ring (bicyclic) bond motifs is 1. The molecule has 0 fully saturated rings. The average molecular weight is 308 g/mol. The Morgan fingerprint density at radius 2 is 2.29 bits per heavy atom. The Morgan fingerprint density at radius 1 is 1.52 bits per heavy atom. The van der Waals surface area contributed by atoms with Crippen LogP contribution in [0.1, 0.15) is 20.3 Å². The topological polar surface area (TPSA) is 75.1 Å². The van der Waals surface area contributed by atoms with Crippen molar-refractivity contribution in [2.75, 3.05) is 23.5 Å². The molecule has 1 N–H and O–H groups in total. The number of nitrogens with zero attached hydrogens (tertiary/aromatic N) is 3. The summed E-state index contributed by atoms with van der Waals surface area (Å²) in [6.07, 6.45) is 1.08. The molecule has 1 aromatic carbocycles. The molecule has 7 heteroatoms. The van der Waals surface area contributed by atoms with Gasteiger partial charge in [-0.15, -0.1) is 0 Å². The first-order chi connectivity index (χ1) is 10.0. The monoisotopic (exact) mass is 308 g/mol. The molecule has 0 aliphatic heterocycles. The van der Waals surface area contributed by atoms with Crippen molar-refractivity contribution in [1.82, 2.24) is 9.97 Å². The van der Waals surface area contributed by atoms with Gasteiger partial charge in [-0.1, -0.05) is 6.92 Å². The first kappa shape index (κ1) is 15.6. The predicted octanol–water partition coefficient (Wildman–Crippen LogP) is 3.44. The zero-order valence-corrected chi connectivity index (χ0v) is 13.3. The van der Waals surface area contributed by atoms with Gasteiger partial charge < -0.3 is 9.88 Å². The summed E-state index contributed by atoms with van der Waals surface area (Å²) in [6.45, 7) is 4.32. The first-order valence-electron chi connectivity index (χ1n) is 6.97. The fourth-order valence-electron chi connectivity index (χ4n) is 2.07. The average Bonchev–Trinajstić information content (AvgIpc) is 2.89. The normalized spacial score (nSPS) is 12.5. The molecule has 1 heterocycles. The molecule has 6 nitrogen and oxygen atoms in total. The molecule has 0 radical (unpaired) electrons. The molecular formula is C14H20N4O2S. The van der Waals surface area contributed by atoms with Crippen molar-refractivity contribution in [3.8, 4) is 0 Å². The second-order valence-electron chi connectivity index (χ2n) is 4.96. The van der Waals surface area contributed by atoms with Crippen molar-refractivity contribution in [3.05, 3.63) is 28.3 Å². The highest BCUT2D eigenvalue weighted by molar-refractivity contribution is 7.99. The number of thioether (sulfide) groups is 1. The number of aromatic amines is 1. The number of hydrogen-bond acceptors (Lipinski definition) is 5. The van der Waals surface area contributed by atoms with E-state index in [-0.39, 0.29) is 5.69 Å². The van der Waals surface area contributed by atoms with E-state index < -0.39 is 4.92 Å². The fraction of sp³-hybridized carbons (Fsp3) is 0.500. The van der Waals surface area contributed by atoms with E-state index in [2.05, 4.69) is 28.7 Å². The summed E-state index contributed by atoms with van der Waals surface area (Å²) >= 11 is 1.93. The van der Waals surface area contributed by atoms with Crippen LogP contribution in [0.2, 0.25) is 0 Å². The van der Waals surface area contributed by atoms with E-state index in [1.807, 2.05) is 18.8 Å². The van der Waals surface area contributed by atoms with Crippen molar-refractivity contribution in [1.29, 1.82) is 0 Å². The third-order valence-electron chi connectivity index (χ3n) is 3.54. The van der Waals surface area contributed by atoms with Crippen LogP contribution < -0.4 is 4.90 Å². The van der Waals surface area contributed by atoms with E-state index in [0.29, 0.717) is 11.6 Å². The SMILES string of the molecule is CCSCC[C@H](C)N(C)c1nc2ccc([N+](=O)[O-])cc2[nH]1. The molecule has 0 saturated heterocycles. The number of nitro benzene ring substituents is 1. The molecule has 1 atom stereocenters. The van der Waals surface area contributed by atoms with Crippen LogP contribution in [0.25, 0.3) is 11.0 Å². The minimum atomic E-state index is -0.395. The lowest BCUT2D eigenvalue weighted by Gasteiger charge is -2.24. The number of nitro groups is 1. The van der Waals surface area contributed by atoms with Crippen LogP contribution in [0.15, 0.2) is 18.2 Å². The number of anilines is 1. The van der Waals surface area contributed by atoms with E-state index in [1.165, 1.54) is 12.1 Å². The highest BCUT2D eigenvalue weighted by atomic mass is 32.2. The number of H-pyrrole nitrogens is 1. The lowest BCUT2D eigenvalue weighted by atomic mass is 10.2. The van der Waals surface area contributed by atoms with Gasteiger partial charge in [0.25, 0.3) is 5.69 Å². The molecule has 2 rings (SSSR count). The number of nitrogens with one attached hydrogen (secondary N) is 1. The molecule has 2 aromatic rings. The zero-order valence-electron chi connectivity index (χ0n) is 12.5. The Bertz CT molecular complexity index is 628. The Labute approximate surface area is 128 Å². The van der Waals surface area contributed by atoms with Gasteiger partial charge in [0.15, 0.2) is 0 Å². The number of benzene rings is 1. The van der Waals surface area contributed by atoms with Crippen LogP contribution in [-0.4, -0.2) is 39.5 Å². The van der Waals surface area contributed by atoms with E-state index >= 15 is 0 Å². The van der Waals surface area contributed by atoms with Crippen LogP contribution in [0.5, 0.6) is 0 Å². The van der Waals surface area contributed by atoms with Crippen molar-refractivity contribution in [3.63, 3.8) is 0 Å². The second kappa shape index (κ2) is 6.80. The first-order valence-corrected chi connectivity index (χ1v) is 8.13. The van der Waals surface area contributed by atoms with Crippen LogP contribution in [0.4, 0.5) is 11.6 Å². The maximum Gasteiger partial charge on any atom is 0.271 e. The molecule has 0 amide bonds. The smallest absolute Gasteiger partial charge is 0.271 e. The molecule has 0 unspecified atom stereocenters. The summed E-state index contributed by atoms with van der Waals surface area (Å²) < 4.78 is 0. The van der Waals surface area contributed by atoms with Gasteiger partial charge in [0.1, 0.15) is 0 Å². The lowest BCUT2D eigenvalue weighted by molar-refractivity contribution is -0.384. The van der Waals surface area contributed by atoms with Crippen molar-refractivity contribution >= 4 is 34.4 Å². The summed E-state index contributed by atoms with van der Waals surface area (Å²) in [4.78, 5) is 20.2. The summed E-state index contributed by atoms with van der Waals surface area (Å²) in [5, 5.41) is 10.8. The Kier molecular flexibility index (Phi) is 5.06. The third kappa shape index (κ3) is 3.66. The maximum absolute atomic E-state index is 10.8. The van der Waals surface area contributed by atoms with Gasteiger partial charge in [-0.2, -0.15) is 11.8 Å². The second-order valence-corrected chi connectivity index (χ2v) is 6.36. The molecule has 114 valence electrons. The summed E-state index contributed by atoms with van der Waals surface area (Å²) in [7, 11) is 1.99. The number of aromatic nitrogens is 2. The quantitative estimate of drug-likeness (QED) is 0.482. The maximum atomic E-state index is 10.8. The van der Waals surface area contributed by atoms with Gasteiger partial charge in [0.05, 0.1) is 16.0 Å². The molecule has 0 bridgehead atoms. The standard InChI is InChI=1S/C14H20N4O2S/c1-4-21-8-7-10(2)17(3)14-15-12-6-5-11(18(19)20)9-13(12)16-14/h5-6,9-10H,4,7-8H2,1-3H3,(H,15,16)/t10-/m0/s1. The van der Waals surface area contributed by atoms with E-state index in [1.54, 1.807) is 6.07 Å². The lowest BCUT2D eigenvalue weighted by Crippen LogP contribution is -2.30. The predicted molar refractivity (Wildman–Crippen MR) is 88.2 cm³/mol. The van der Waals surface area contributed by atoms with Gasteiger partial charge in [0.2, 0.25) is 5.95 Å². The summed E-state index contributed by atoms with van der Waals surface area (Å²) in [5.41, 5.74) is 1.52. The van der Waals surface area contributed by atoms with E-state index in [4.69, 9.17) is 0 Å². The summed E-state index contributed by atoms with van der Waals surface area (Å²) in [5.74, 6) is 3.00. The molecule has 0 aliphatic rings. The Morgan fingerprint density at radius 3 is 2.95 bits per heavy atom. The highest BCUT2D eigenvalue weighted by Crippen LogP contribution is 2.23. The molecular weight excluding hydrogens is 288 g/mol. The molecule has 0 saturated carbocycles. The highest BCUT2D eigenvalue weighted by Gasteiger charge is 2.15. The minimum absolute atomic E-state index is 0.0766. The van der Waals surface area contributed by atoms with E-state index in [9.17, 15) is 10.1 Å². The van der Waals surface area contributed by atoms with Crippen LogP contribution in [-0.2, 0) is 0 Å². The largest absolute Gasteiger partial charge is 0.343 e. The van der Waals surface area contributed by atoms with Crippen molar-refractivity contribution in [2.24, 2.45) is 0 Å². The van der Waals surface area contributed by atoms with Gasteiger partial charge in [-0.25, -0.2) is 4.98 Å².